The van der Waals surface area contributed by atoms with Crippen LogP contribution in [0.2, 0.25) is 18.1 Å². The average molecular weight is 358 g/mol. The number of phenolic OH excluding ortho intramolecular Hbond substituents is 1. The number of hydrogen-bond acceptors (Lipinski definition) is 4. The van der Waals surface area contributed by atoms with Crippen LogP contribution in [0.5, 0.6) is 11.5 Å². The molecule has 0 aliphatic rings. The molecule has 3 rings (SSSR count). The number of thiazole rings is 1. The summed E-state index contributed by atoms with van der Waals surface area (Å²) in [6.45, 7) is 11.1. The standard InChI is InChI=1S/C19H23NO2SSi/c1-19(2,3)24(4,5)22-13-10-11-16(21)14(12-13)18-20-15-8-6-7-9-17(15)23-18/h6-12,21H,1-5H3. The first kappa shape index (κ1) is 17.0. The molecule has 0 aliphatic heterocycles. The molecule has 0 radical (unpaired) electrons. The third-order valence-corrected chi connectivity index (χ3v) is 10.1. The molecule has 24 heavy (non-hydrogen) atoms. The largest absolute Gasteiger partial charge is 0.543 e. The quantitative estimate of drug-likeness (QED) is 0.580. The summed E-state index contributed by atoms with van der Waals surface area (Å²) in [5, 5.41) is 11.2. The summed E-state index contributed by atoms with van der Waals surface area (Å²) in [6.07, 6.45) is 0. The number of rotatable bonds is 3. The first-order chi connectivity index (χ1) is 11.2. The first-order valence-electron chi connectivity index (χ1n) is 8.05. The third kappa shape index (κ3) is 3.19. The number of aromatic hydroxyl groups is 1. The van der Waals surface area contributed by atoms with E-state index in [0.717, 1.165) is 26.5 Å². The van der Waals surface area contributed by atoms with Crippen molar-refractivity contribution >= 4 is 29.9 Å². The molecule has 3 aromatic rings. The van der Waals surface area contributed by atoms with E-state index in [1.54, 1.807) is 17.4 Å². The van der Waals surface area contributed by atoms with Crippen LogP contribution < -0.4 is 4.43 Å². The smallest absolute Gasteiger partial charge is 0.250 e. The van der Waals surface area contributed by atoms with Gasteiger partial charge in [-0.3, -0.25) is 0 Å². The second-order valence-corrected chi connectivity index (χ2v) is 13.3. The molecule has 2 aromatic carbocycles. The van der Waals surface area contributed by atoms with Crippen LogP contribution in [0, 0.1) is 0 Å². The van der Waals surface area contributed by atoms with E-state index in [2.05, 4.69) is 38.8 Å². The molecule has 1 heterocycles. The Bertz CT molecular complexity index is 847. The zero-order valence-electron chi connectivity index (χ0n) is 14.8. The van der Waals surface area contributed by atoms with E-state index in [1.807, 2.05) is 36.4 Å². The highest BCUT2D eigenvalue weighted by molar-refractivity contribution is 7.21. The van der Waals surface area contributed by atoms with Gasteiger partial charge in [-0.2, -0.15) is 0 Å². The van der Waals surface area contributed by atoms with Crippen LogP contribution in [0.4, 0.5) is 0 Å². The van der Waals surface area contributed by atoms with Crippen LogP contribution in [-0.2, 0) is 0 Å². The van der Waals surface area contributed by atoms with Gasteiger partial charge in [0, 0.05) is 0 Å². The molecule has 0 bridgehead atoms. The zero-order chi connectivity index (χ0) is 17.5. The van der Waals surface area contributed by atoms with Crippen molar-refractivity contribution < 1.29 is 9.53 Å². The van der Waals surface area contributed by atoms with Crippen LogP contribution >= 0.6 is 11.3 Å². The monoisotopic (exact) mass is 357 g/mol. The number of nitrogens with zero attached hydrogens (tertiary/aromatic N) is 1. The molecule has 1 aromatic heterocycles. The minimum Gasteiger partial charge on any atom is -0.543 e. The van der Waals surface area contributed by atoms with Gasteiger partial charge in [0.1, 0.15) is 16.5 Å². The first-order valence-corrected chi connectivity index (χ1v) is 11.8. The molecule has 0 fully saturated rings. The van der Waals surface area contributed by atoms with Crippen molar-refractivity contribution in [3.05, 3.63) is 42.5 Å². The summed E-state index contributed by atoms with van der Waals surface area (Å²) in [4.78, 5) is 4.64. The highest BCUT2D eigenvalue weighted by Crippen LogP contribution is 2.41. The number of aromatic nitrogens is 1. The van der Waals surface area contributed by atoms with E-state index in [4.69, 9.17) is 4.43 Å². The van der Waals surface area contributed by atoms with Gasteiger partial charge in [0.2, 0.25) is 8.32 Å². The SMILES string of the molecule is CC(C)(C)[Si](C)(C)Oc1ccc(O)c(-c2nc3ccccc3s2)c1. The number of hydrogen-bond donors (Lipinski definition) is 1. The lowest BCUT2D eigenvalue weighted by atomic mass is 10.2. The van der Waals surface area contributed by atoms with E-state index < -0.39 is 8.32 Å². The van der Waals surface area contributed by atoms with Crippen molar-refractivity contribution in [2.45, 2.75) is 38.9 Å². The number of para-hydroxylation sites is 1. The molecule has 5 heteroatoms. The maximum Gasteiger partial charge on any atom is 0.250 e. The highest BCUT2D eigenvalue weighted by Gasteiger charge is 2.39. The summed E-state index contributed by atoms with van der Waals surface area (Å²) in [5.74, 6) is 1.03. The molecule has 0 atom stereocenters. The molecule has 1 N–H and O–H groups in total. The van der Waals surface area contributed by atoms with E-state index >= 15 is 0 Å². The second kappa shape index (κ2) is 5.90. The Balaban J connectivity index is 2.00. The number of fused-ring (bicyclic) bond motifs is 1. The molecule has 0 amide bonds. The van der Waals surface area contributed by atoms with E-state index in [1.165, 1.54) is 0 Å². The van der Waals surface area contributed by atoms with E-state index in [-0.39, 0.29) is 10.8 Å². The molecule has 0 saturated carbocycles. The zero-order valence-corrected chi connectivity index (χ0v) is 16.6. The van der Waals surface area contributed by atoms with Gasteiger partial charge >= 0.3 is 0 Å². The third-order valence-electron chi connectivity index (χ3n) is 4.67. The van der Waals surface area contributed by atoms with Crippen LogP contribution in [0.15, 0.2) is 42.5 Å². The van der Waals surface area contributed by atoms with Gasteiger partial charge in [0.15, 0.2) is 0 Å². The molecular formula is C19H23NO2SSi. The highest BCUT2D eigenvalue weighted by atomic mass is 32.1. The summed E-state index contributed by atoms with van der Waals surface area (Å²) in [7, 11) is -1.92. The van der Waals surface area contributed by atoms with E-state index in [0.29, 0.717) is 0 Å². The molecule has 126 valence electrons. The van der Waals surface area contributed by atoms with Crippen molar-refractivity contribution in [1.29, 1.82) is 0 Å². The number of benzene rings is 2. The molecule has 0 spiro atoms. The Morgan fingerprint density at radius 2 is 1.79 bits per heavy atom. The lowest BCUT2D eigenvalue weighted by Crippen LogP contribution is -2.43. The minimum absolute atomic E-state index is 0.126. The summed E-state index contributed by atoms with van der Waals surface area (Å²) in [5.41, 5.74) is 1.68. The molecule has 0 aliphatic carbocycles. The normalized spacial score (nSPS) is 12.5. The predicted octanol–water partition coefficient (Wildman–Crippen LogP) is 6.05. The minimum atomic E-state index is -1.92. The lowest BCUT2D eigenvalue weighted by Gasteiger charge is -2.36. The predicted molar refractivity (Wildman–Crippen MR) is 105 cm³/mol. The Morgan fingerprint density at radius 3 is 2.46 bits per heavy atom. The molecule has 3 nitrogen and oxygen atoms in total. The van der Waals surface area contributed by atoms with Crippen molar-refractivity contribution in [3.8, 4) is 22.1 Å². The van der Waals surface area contributed by atoms with Crippen LogP contribution in [0.25, 0.3) is 20.8 Å². The van der Waals surface area contributed by atoms with Crippen LogP contribution in [0.3, 0.4) is 0 Å². The fourth-order valence-electron chi connectivity index (χ4n) is 2.19. The molecule has 0 saturated heterocycles. The Hall–Kier alpha value is -1.85. The Labute approximate surface area is 148 Å². The van der Waals surface area contributed by atoms with Gasteiger partial charge in [-0.05, 0) is 48.5 Å². The van der Waals surface area contributed by atoms with Gasteiger partial charge in [-0.15, -0.1) is 11.3 Å². The van der Waals surface area contributed by atoms with Gasteiger partial charge in [0.05, 0.1) is 15.8 Å². The van der Waals surface area contributed by atoms with Gasteiger partial charge in [-0.1, -0.05) is 32.9 Å². The van der Waals surface area contributed by atoms with E-state index in [9.17, 15) is 5.11 Å². The fourth-order valence-corrected chi connectivity index (χ4v) is 4.20. The summed E-state index contributed by atoms with van der Waals surface area (Å²) >= 11 is 1.58. The Morgan fingerprint density at radius 1 is 1.08 bits per heavy atom. The van der Waals surface area contributed by atoms with Gasteiger partial charge in [-0.25, -0.2) is 4.98 Å². The van der Waals surface area contributed by atoms with Crippen molar-refractivity contribution in [3.63, 3.8) is 0 Å². The summed E-state index contributed by atoms with van der Waals surface area (Å²) < 4.78 is 7.48. The fraction of sp³-hybridized carbons (Fsp3) is 0.316. The topological polar surface area (TPSA) is 42.4 Å². The average Bonchev–Trinajstić information content (AvgIpc) is 2.91. The van der Waals surface area contributed by atoms with Gasteiger partial charge < -0.3 is 9.53 Å². The number of phenols is 1. The Kier molecular flexibility index (Phi) is 4.17. The molecule has 0 unspecified atom stereocenters. The summed E-state index contributed by atoms with van der Waals surface area (Å²) in [6, 6.07) is 13.5. The maximum absolute atomic E-state index is 10.3. The maximum atomic E-state index is 10.3. The molecular weight excluding hydrogens is 334 g/mol. The van der Waals surface area contributed by atoms with Crippen LogP contribution in [0.1, 0.15) is 20.8 Å². The van der Waals surface area contributed by atoms with Crippen LogP contribution in [-0.4, -0.2) is 18.4 Å². The van der Waals surface area contributed by atoms with Crippen molar-refractivity contribution in [2.75, 3.05) is 0 Å². The lowest BCUT2D eigenvalue weighted by molar-refractivity contribution is 0.470. The van der Waals surface area contributed by atoms with Crippen molar-refractivity contribution in [1.82, 2.24) is 4.98 Å². The van der Waals surface area contributed by atoms with Gasteiger partial charge in [0.25, 0.3) is 0 Å². The second-order valence-electron chi connectivity index (χ2n) is 7.53. The van der Waals surface area contributed by atoms with Crippen molar-refractivity contribution in [2.24, 2.45) is 0 Å².